The second-order valence-corrected chi connectivity index (χ2v) is 6.73. The van der Waals surface area contributed by atoms with E-state index in [0.29, 0.717) is 24.1 Å². The van der Waals surface area contributed by atoms with E-state index >= 15 is 0 Å². The molecule has 0 saturated carbocycles. The minimum atomic E-state index is -0.659. The van der Waals surface area contributed by atoms with Crippen LogP contribution in [-0.4, -0.2) is 22.6 Å². The SMILES string of the molecule is O=C(NCCc1ccccc1)C(=O)c1c(-c2ccc(F)cc2)cc2ccccn12. The van der Waals surface area contributed by atoms with Gasteiger partial charge in [-0.05, 0) is 47.9 Å². The molecule has 0 bridgehead atoms. The molecule has 4 aromatic rings. The molecule has 4 rings (SSSR count). The Morgan fingerprint density at radius 2 is 1.62 bits per heavy atom. The van der Waals surface area contributed by atoms with Gasteiger partial charge in [0, 0.05) is 23.8 Å². The second-order valence-electron chi connectivity index (χ2n) is 6.73. The third kappa shape index (κ3) is 3.94. The Balaban J connectivity index is 1.61. The first kappa shape index (κ1) is 18.6. The molecule has 1 N–H and O–H groups in total. The third-order valence-electron chi connectivity index (χ3n) is 4.80. The highest BCUT2D eigenvalue weighted by Crippen LogP contribution is 2.28. The van der Waals surface area contributed by atoms with Crippen LogP contribution in [-0.2, 0) is 11.2 Å². The monoisotopic (exact) mass is 386 g/mol. The van der Waals surface area contributed by atoms with Crippen LogP contribution in [0.25, 0.3) is 16.6 Å². The van der Waals surface area contributed by atoms with Crippen LogP contribution in [0.1, 0.15) is 16.1 Å². The fraction of sp³-hybridized carbons (Fsp3) is 0.0833. The Morgan fingerprint density at radius 3 is 2.38 bits per heavy atom. The first-order chi connectivity index (χ1) is 14.1. The summed E-state index contributed by atoms with van der Waals surface area (Å²) in [5.41, 5.74) is 3.41. The van der Waals surface area contributed by atoms with Crippen molar-refractivity contribution in [3.05, 3.63) is 102 Å². The minimum absolute atomic E-state index is 0.268. The summed E-state index contributed by atoms with van der Waals surface area (Å²) in [4.78, 5) is 25.6. The summed E-state index contributed by atoms with van der Waals surface area (Å²) in [6, 6.07) is 23.0. The van der Waals surface area contributed by atoms with Gasteiger partial charge in [-0.3, -0.25) is 9.59 Å². The summed E-state index contributed by atoms with van der Waals surface area (Å²) in [7, 11) is 0. The quantitative estimate of drug-likeness (QED) is 0.397. The van der Waals surface area contributed by atoms with Crippen molar-refractivity contribution in [1.29, 1.82) is 0 Å². The molecule has 1 amide bonds. The maximum absolute atomic E-state index is 13.3. The highest BCUT2D eigenvalue weighted by Gasteiger charge is 2.24. The van der Waals surface area contributed by atoms with Crippen molar-refractivity contribution in [3.8, 4) is 11.1 Å². The molecular weight excluding hydrogens is 367 g/mol. The number of nitrogens with one attached hydrogen (secondary N) is 1. The molecular formula is C24H19FN2O2. The van der Waals surface area contributed by atoms with Crippen LogP contribution < -0.4 is 5.32 Å². The number of halogens is 1. The second kappa shape index (κ2) is 8.10. The van der Waals surface area contributed by atoms with E-state index in [9.17, 15) is 14.0 Å². The van der Waals surface area contributed by atoms with Gasteiger partial charge >= 0.3 is 0 Å². The topological polar surface area (TPSA) is 50.6 Å². The first-order valence-electron chi connectivity index (χ1n) is 9.36. The van der Waals surface area contributed by atoms with Crippen molar-refractivity contribution in [3.63, 3.8) is 0 Å². The van der Waals surface area contributed by atoms with E-state index < -0.39 is 11.7 Å². The Labute approximate surface area is 167 Å². The van der Waals surface area contributed by atoms with Crippen molar-refractivity contribution in [1.82, 2.24) is 9.72 Å². The van der Waals surface area contributed by atoms with Gasteiger partial charge < -0.3 is 9.72 Å². The molecule has 0 saturated heterocycles. The fourth-order valence-corrected chi connectivity index (χ4v) is 3.36. The first-order valence-corrected chi connectivity index (χ1v) is 9.36. The number of hydrogen-bond donors (Lipinski definition) is 1. The number of aromatic nitrogens is 1. The van der Waals surface area contributed by atoms with Crippen LogP contribution in [0.3, 0.4) is 0 Å². The normalized spacial score (nSPS) is 10.8. The fourth-order valence-electron chi connectivity index (χ4n) is 3.36. The van der Waals surface area contributed by atoms with Crippen LogP contribution in [0.15, 0.2) is 85.1 Å². The van der Waals surface area contributed by atoms with E-state index in [-0.39, 0.29) is 11.5 Å². The van der Waals surface area contributed by atoms with Gasteiger partial charge in [0.1, 0.15) is 11.5 Å². The molecule has 0 atom stereocenters. The van der Waals surface area contributed by atoms with Crippen molar-refractivity contribution in [2.24, 2.45) is 0 Å². The van der Waals surface area contributed by atoms with Crippen molar-refractivity contribution >= 4 is 17.2 Å². The smallest absolute Gasteiger partial charge is 0.294 e. The lowest BCUT2D eigenvalue weighted by Crippen LogP contribution is -2.33. The third-order valence-corrected chi connectivity index (χ3v) is 4.80. The minimum Gasteiger partial charge on any atom is -0.349 e. The van der Waals surface area contributed by atoms with Gasteiger partial charge in [-0.2, -0.15) is 0 Å². The average Bonchev–Trinajstić information content (AvgIpc) is 3.14. The molecule has 0 aliphatic heterocycles. The average molecular weight is 386 g/mol. The molecule has 0 unspecified atom stereocenters. The number of ketones is 1. The number of Topliss-reactive ketones (excluding diaryl/α,β-unsaturated/α-hetero) is 1. The number of carbonyl (C=O) groups is 2. The Morgan fingerprint density at radius 1 is 0.897 bits per heavy atom. The van der Waals surface area contributed by atoms with Gasteiger partial charge in [0.15, 0.2) is 0 Å². The number of amides is 1. The Bertz CT molecular complexity index is 1160. The maximum atomic E-state index is 13.3. The zero-order chi connectivity index (χ0) is 20.2. The lowest BCUT2D eigenvalue weighted by Gasteiger charge is -2.08. The Hall–Kier alpha value is -3.73. The highest BCUT2D eigenvalue weighted by molar-refractivity contribution is 6.43. The van der Waals surface area contributed by atoms with E-state index in [0.717, 1.165) is 11.1 Å². The molecule has 29 heavy (non-hydrogen) atoms. The predicted molar refractivity (Wildman–Crippen MR) is 110 cm³/mol. The number of nitrogens with zero attached hydrogens (tertiary/aromatic N) is 1. The number of benzene rings is 2. The van der Waals surface area contributed by atoms with Crippen molar-refractivity contribution < 1.29 is 14.0 Å². The van der Waals surface area contributed by atoms with E-state index in [2.05, 4.69) is 5.32 Å². The lowest BCUT2D eigenvalue weighted by molar-refractivity contribution is -0.117. The highest BCUT2D eigenvalue weighted by atomic mass is 19.1. The standard InChI is InChI=1S/C24H19FN2O2/c25-19-11-9-18(10-12-19)21-16-20-8-4-5-15-27(20)22(21)23(28)24(29)26-14-13-17-6-2-1-3-7-17/h1-12,15-16H,13-14H2,(H,26,29). The van der Waals surface area contributed by atoms with Gasteiger partial charge in [-0.25, -0.2) is 4.39 Å². The van der Waals surface area contributed by atoms with Gasteiger partial charge in [0.05, 0.1) is 0 Å². The summed E-state index contributed by atoms with van der Waals surface area (Å²) < 4.78 is 15.0. The molecule has 0 aliphatic rings. The number of pyridine rings is 1. The van der Waals surface area contributed by atoms with Gasteiger partial charge in [-0.1, -0.05) is 48.5 Å². The number of fused-ring (bicyclic) bond motifs is 1. The van der Waals surface area contributed by atoms with E-state index in [1.54, 1.807) is 28.8 Å². The molecule has 0 spiro atoms. The van der Waals surface area contributed by atoms with E-state index in [4.69, 9.17) is 0 Å². The number of carbonyl (C=O) groups excluding carboxylic acids is 2. The molecule has 0 aliphatic carbocycles. The summed E-state index contributed by atoms with van der Waals surface area (Å²) >= 11 is 0. The van der Waals surface area contributed by atoms with Crippen molar-refractivity contribution in [2.75, 3.05) is 6.54 Å². The summed E-state index contributed by atoms with van der Waals surface area (Å²) in [6.07, 6.45) is 2.38. The molecule has 5 heteroatoms. The van der Waals surface area contributed by atoms with Crippen molar-refractivity contribution in [2.45, 2.75) is 6.42 Å². The lowest BCUT2D eigenvalue weighted by atomic mass is 10.0. The van der Waals surface area contributed by atoms with Crippen LogP contribution in [0.4, 0.5) is 4.39 Å². The van der Waals surface area contributed by atoms with Gasteiger partial charge in [0.25, 0.3) is 11.7 Å². The molecule has 2 heterocycles. The molecule has 0 radical (unpaired) electrons. The zero-order valence-corrected chi connectivity index (χ0v) is 15.6. The zero-order valence-electron chi connectivity index (χ0n) is 15.6. The largest absolute Gasteiger partial charge is 0.349 e. The van der Waals surface area contributed by atoms with Crippen LogP contribution in [0.2, 0.25) is 0 Å². The van der Waals surface area contributed by atoms with E-state index in [1.807, 2.05) is 48.5 Å². The van der Waals surface area contributed by atoms with Crippen LogP contribution in [0, 0.1) is 5.82 Å². The molecule has 2 aromatic carbocycles. The summed E-state index contributed by atoms with van der Waals surface area (Å²) in [5, 5.41) is 2.71. The summed E-state index contributed by atoms with van der Waals surface area (Å²) in [5.74, 6) is -1.64. The van der Waals surface area contributed by atoms with Crippen LogP contribution in [0.5, 0.6) is 0 Å². The maximum Gasteiger partial charge on any atom is 0.294 e. The van der Waals surface area contributed by atoms with E-state index in [1.165, 1.54) is 12.1 Å². The Kier molecular flexibility index (Phi) is 5.20. The van der Waals surface area contributed by atoms with Gasteiger partial charge in [-0.15, -0.1) is 0 Å². The molecule has 0 fully saturated rings. The summed E-state index contributed by atoms with van der Waals surface area (Å²) in [6.45, 7) is 0.365. The molecule has 2 aromatic heterocycles. The number of rotatable bonds is 6. The molecule has 144 valence electrons. The molecule has 4 nitrogen and oxygen atoms in total. The number of hydrogen-bond acceptors (Lipinski definition) is 2. The van der Waals surface area contributed by atoms with Crippen LogP contribution >= 0.6 is 0 Å². The van der Waals surface area contributed by atoms with Gasteiger partial charge in [0.2, 0.25) is 0 Å². The predicted octanol–water partition coefficient (Wildman–Crippen LogP) is 4.29.